The van der Waals surface area contributed by atoms with Crippen LogP contribution in [0.4, 0.5) is 14.9 Å². The van der Waals surface area contributed by atoms with E-state index in [2.05, 4.69) is 9.97 Å². The van der Waals surface area contributed by atoms with Crippen molar-refractivity contribution in [2.75, 3.05) is 0 Å². The molecule has 0 aromatic carbocycles. The van der Waals surface area contributed by atoms with Crippen LogP contribution in [-0.4, -0.2) is 9.97 Å². The first-order valence-corrected chi connectivity index (χ1v) is 2.68. The Morgan fingerprint density at radius 2 is 2.20 bits per heavy atom. The average molecular weight is 166 g/mol. The zero-order valence-electron chi connectivity index (χ0n) is 4.63. The summed E-state index contributed by atoms with van der Waals surface area (Å²) in [7, 11) is 0. The van der Waals surface area contributed by atoms with Crippen LogP contribution in [-0.2, 0) is 0 Å². The van der Waals surface area contributed by atoms with Crippen molar-refractivity contribution in [1.29, 1.82) is 0 Å². The number of hydrogen-bond acceptors (Lipinski definition) is 3. The Kier molecular flexibility index (Phi) is 2.08. The molecule has 0 fully saturated rings. The van der Waals surface area contributed by atoms with Crippen LogP contribution >= 0.6 is 11.6 Å². The van der Waals surface area contributed by atoms with E-state index in [0.29, 0.717) is 0 Å². The SMILES string of the molecule is F[N+](F)c1nccc(Cl)n1. The second-order valence-corrected chi connectivity index (χ2v) is 1.80. The Bertz CT molecular complexity index is 229. The van der Waals surface area contributed by atoms with Gasteiger partial charge in [0.1, 0.15) is 14.1 Å². The van der Waals surface area contributed by atoms with Crippen molar-refractivity contribution < 1.29 is 8.96 Å². The fraction of sp³-hybridized carbons (Fsp3) is 0. The standard InChI is InChI=1S/C4H2ClF2N3/c5-3-1-2-8-4(9-3)10(6)7/h1-2H/q+1. The van der Waals surface area contributed by atoms with Crippen molar-refractivity contribution in [3.63, 3.8) is 0 Å². The molecule has 10 heavy (non-hydrogen) atoms. The molecule has 53 valence electrons. The Morgan fingerprint density at radius 3 is 2.60 bits per heavy atom. The van der Waals surface area contributed by atoms with Crippen molar-refractivity contribution in [1.82, 2.24) is 15.3 Å². The number of hydrogen-bond donors (Lipinski definition) is 0. The maximum Gasteiger partial charge on any atom is 0.475 e. The van der Waals surface area contributed by atoms with Gasteiger partial charge >= 0.3 is 11.3 Å². The Labute approximate surface area is 60.1 Å². The highest BCUT2D eigenvalue weighted by Gasteiger charge is 2.24. The summed E-state index contributed by atoms with van der Waals surface area (Å²) in [5.41, 5.74) is 0. The molecule has 0 unspecified atom stereocenters. The lowest BCUT2D eigenvalue weighted by Gasteiger charge is -1.84. The van der Waals surface area contributed by atoms with Gasteiger partial charge in [-0.3, -0.25) is 0 Å². The molecule has 0 bridgehead atoms. The molecule has 0 amide bonds. The molecule has 0 atom stereocenters. The number of nitrogens with zero attached hydrogens (tertiary/aromatic N) is 3. The summed E-state index contributed by atoms with van der Waals surface area (Å²) < 4.78 is 23.2. The first kappa shape index (κ1) is 7.30. The summed E-state index contributed by atoms with van der Waals surface area (Å²) in [6, 6.07) is 1.31. The minimum Gasteiger partial charge on any atom is -0.174 e. The van der Waals surface area contributed by atoms with Crippen molar-refractivity contribution in [2.45, 2.75) is 0 Å². The quantitative estimate of drug-likeness (QED) is 0.468. The highest BCUT2D eigenvalue weighted by Crippen LogP contribution is 2.10. The maximum atomic E-state index is 11.6. The topological polar surface area (TPSA) is 31.7 Å². The summed E-state index contributed by atoms with van der Waals surface area (Å²) in [5.74, 6) is -0.701. The largest absolute Gasteiger partial charge is 0.475 e. The van der Waals surface area contributed by atoms with Gasteiger partial charge in [-0.15, -0.1) is 0 Å². The van der Waals surface area contributed by atoms with Gasteiger partial charge in [0.25, 0.3) is 0 Å². The van der Waals surface area contributed by atoms with E-state index in [1.54, 1.807) is 0 Å². The molecule has 3 nitrogen and oxygen atoms in total. The van der Waals surface area contributed by atoms with Gasteiger partial charge in [0, 0.05) is 6.20 Å². The van der Waals surface area contributed by atoms with Crippen molar-refractivity contribution >= 4 is 17.5 Å². The molecule has 1 rings (SSSR count). The molecule has 6 heteroatoms. The van der Waals surface area contributed by atoms with Crippen LogP contribution in [0.1, 0.15) is 0 Å². The fourth-order valence-corrected chi connectivity index (χ4v) is 0.540. The van der Waals surface area contributed by atoms with Crippen LogP contribution in [0.25, 0.3) is 0 Å². The van der Waals surface area contributed by atoms with Gasteiger partial charge < -0.3 is 0 Å². The van der Waals surface area contributed by atoms with Gasteiger partial charge in [0.05, 0.1) is 0 Å². The van der Waals surface area contributed by atoms with Crippen LogP contribution in [0.15, 0.2) is 12.3 Å². The predicted molar refractivity (Wildman–Crippen MR) is 31.1 cm³/mol. The predicted octanol–water partition coefficient (Wildman–Crippen LogP) is 1.67. The van der Waals surface area contributed by atoms with Gasteiger partial charge in [-0.2, -0.15) is 9.97 Å². The molecule has 0 saturated heterocycles. The number of anilines is 1. The number of aromatic nitrogens is 2. The zero-order chi connectivity index (χ0) is 7.56. The average Bonchev–Trinajstić information content (AvgIpc) is 1.88. The van der Waals surface area contributed by atoms with Crippen LogP contribution < -0.4 is 5.34 Å². The van der Waals surface area contributed by atoms with Crippen molar-refractivity contribution in [2.24, 2.45) is 0 Å². The molecule has 1 radical (unpaired) electrons. The van der Waals surface area contributed by atoms with E-state index in [1.807, 2.05) is 0 Å². The van der Waals surface area contributed by atoms with Crippen LogP contribution in [0.3, 0.4) is 0 Å². The zero-order valence-corrected chi connectivity index (χ0v) is 5.39. The second-order valence-electron chi connectivity index (χ2n) is 1.41. The molecule has 1 aromatic heterocycles. The minimum absolute atomic E-state index is 0.00898. The molecular weight excluding hydrogens is 164 g/mol. The van der Waals surface area contributed by atoms with E-state index < -0.39 is 11.3 Å². The van der Waals surface area contributed by atoms with E-state index >= 15 is 0 Å². The third kappa shape index (κ3) is 1.58. The molecule has 0 spiro atoms. The van der Waals surface area contributed by atoms with Gasteiger partial charge in [0.2, 0.25) is 0 Å². The van der Waals surface area contributed by atoms with E-state index in [4.69, 9.17) is 11.6 Å². The van der Waals surface area contributed by atoms with Crippen LogP contribution in [0, 0.1) is 0 Å². The number of rotatable bonds is 1. The van der Waals surface area contributed by atoms with Gasteiger partial charge in [0.15, 0.2) is 0 Å². The second kappa shape index (κ2) is 2.85. The first-order valence-electron chi connectivity index (χ1n) is 2.30. The Balaban J connectivity index is 2.96. The highest BCUT2D eigenvalue weighted by atomic mass is 35.5. The van der Waals surface area contributed by atoms with Crippen LogP contribution in [0.5, 0.6) is 0 Å². The molecule has 0 saturated carbocycles. The summed E-state index contributed by atoms with van der Waals surface area (Å²) in [4.78, 5) is 6.42. The molecule has 0 N–H and O–H groups in total. The first-order chi connectivity index (χ1) is 4.70. The molecule has 1 aromatic rings. The van der Waals surface area contributed by atoms with E-state index in [1.165, 1.54) is 6.07 Å². The Morgan fingerprint density at radius 1 is 1.50 bits per heavy atom. The van der Waals surface area contributed by atoms with Gasteiger partial charge in [-0.1, -0.05) is 11.6 Å². The van der Waals surface area contributed by atoms with Crippen molar-refractivity contribution in [3.05, 3.63) is 17.4 Å². The number of halogens is 3. The minimum atomic E-state index is -1.20. The third-order valence-corrected chi connectivity index (χ3v) is 0.971. The van der Waals surface area contributed by atoms with E-state index in [-0.39, 0.29) is 5.15 Å². The molecule has 0 aliphatic heterocycles. The van der Waals surface area contributed by atoms with E-state index in [9.17, 15) is 8.96 Å². The van der Waals surface area contributed by atoms with Crippen LogP contribution in [0.2, 0.25) is 5.15 Å². The lowest BCUT2D eigenvalue weighted by Crippen LogP contribution is -2.02. The summed E-state index contributed by atoms with van der Waals surface area (Å²) in [6.45, 7) is 0. The lowest BCUT2D eigenvalue weighted by atomic mass is 10.7. The van der Waals surface area contributed by atoms with Gasteiger partial charge in [-0.05, 0) is 6.07 Å². The fourth-order valence-electron chi connectivity index (χ4n) is 0.409. The summed E-state index contributed by atoms with van der Waals surface area (Å²) in [6.07, 6.45) is 1.15. The maximum absolute atomic E-state index is 11.6. The third-order valence-electron chi connectivity index (χ3n) is 0.760. The molecular formula is C4H2ClF2N3+. The molecule has 0 aliphatic carbocycles. The Hall–Kier alpha value is -0.810. The summed E-state index contributed by atoms with van der Waals surface area (Å²) >= 11 is 5.28. The molecule has 0 aliphatic rings. The molecule has 1 heterocycles. The van der Waals surface area contributed by atoms with Crippen molar-refractivity contribution in [3.8, 4) is 0 Å². The normalized spacial score (nSPS) is 10.4. The monoisotopic (exact) mass is 165 g/mol. The lowest BCUT2D eigenvalue weighted by molar-refractivity contribution is 0.0132. The highest BCUT2D eigenvalue weighted by molar-refractivity contribution is 6.29. The summed E-state index contributed by atoms with van der Waals surface area (Å²) in [5, 5.41) is -1.21. The van der Waals surface area contributed by atoms with E-state index in [0.717, 1.165) is 6.20 Å². The smallest absolute Gasteiger partial charge is 0.174 e. The van der Waals surface area contributed by atoms with Gasteiger partial charge in [-0.25, -0.2) is 0 Å².